The van der Waals surface area contributed by atoms with Gasteiger partial charge in [0.2, 0.25) is 5.91 Å². The summed E-state index contributed by atoms with van der Waals surface area (Å²) in [5.41, 5.74) is -0.996. The van der Waals surface area contributed by atoms with E-state index in [2.05, 4.69) is 20.2 Å². The Morgan fingerprint density at radius 2 is 2.05 bits per heavy atom. The first kappa shape index (κ1) is 16.4. The predicted molar refractivity (Wildman–Crippen MR) is 80.9 cm³/mol. The second kappa shape index (κ2) is 6.89. The van der Waals surface area contributed by atoms with Gasteiger partial charge in [0, 0.05) is 37.1 Å². The SMILES string of the molecule is CN(C)C1(CNC(=O)Cc2c[nH]c(=O)[nH]c2=O)CCOCC1. The van der Waals surface area contributed by atoms with Crippen LogP contribution in [0.5, 0.6) is 0 Å². The molecule has 0 aliphatic carbocycles. The minimum absolute atomic E-state index is 0.0634. The molecule has 22 heavy (non-hydrogen) atoms. The molecule has 0 unspecified atom stereocenters. The van der Waals surface area contributed by atoms with E-state index in [1.165, 1.54) is 6.20 Å². The Kier molecular flexibility index (Phi) is 5.15. The van der Waals surface area contributed by atoms with Crippen molar-refractivity contribution >= 4 is 5.91 Å². The standard InChI is InChI=1S/C14H22N4O4/c1-18(2)14(3-5-22-6-4-14)9-16-11(19)7-10-8-15-13(21)17-12(10)20/h8H,3-7,9H2,1-2H3,(H,16,19)(H2,15,17,20,21). The quantitative estimate of drug-likeness (QED) is 0.635. The molecule has 122 valence electrons. The molecule has 1 fully saturated rings. The highest BCUT2D eigenvalue weighted by atomic mass is 16.5. The Labute approximate surface area is 127 Å². The Bertz CT molecular complexity index is 628. The molecule has 0 saturated carbocycles. The van der Waals surface area contributed by atoms with Gasteiger partial charge >= 0.3 is 5.69 Å². The second-order valence-electron chi connectivity index (χ2n) is 5.78. The van der Waals surface area contributed by atoms with Crippen LogP contribution in [0, 0.1) is 0 Å². The fourth-order valence-electron chi connectivity index (χ4n) is 2.60. The van der Waals surface area contributed by atoms with Crippen LogP contribution in [0.3, 0.4) is 0 Å². The number of aromatic amines is 2. The summed E-state index contributed by atoms with van der Waals surface area (Å²) in [4.78, 5) is 41.2. The van der Waals surface area contributed by atoms with Gasteiger partial charge < -0.3 is 19.9 Å². The Morgan fingerprint density at radius 3 is 2.64 bits per heavy atom. The largest absolute Gasteiger partial charge is 0.381 e. The lowest BCUT2D eigenvalue weighted by atomic mass is 9.88. The van der Waals surface area contributed by atoms with Gasteiger partial charge in [-0.3, -0.25) is 14.6 Å². The maximum absolute atomic E-state index is 12.1. The van der Waals surface area contributed by atoms with E-state index < -0.39 is 11.2 Å². The number of carbonyl (C=O) groups excluding carboxylic acids is 1. The zero-order valence-corrected chi connectivity index (χ0v) is 12.9. The molecule has 1 aliphatic rings. The molecule has 1 saturated heterocycles. The van der Waals surface area contributed by atoms with Gasteiger partial charge in [-0.05, 0) is 26.9 Å². The van der Waals surface area contributed by atoms with Gasteiger partial charge in [0.1, 0.15) is 0 Å². The van der Waals surface area contributed by atoms with Crippen molar-refractivity contribution in [3.8, 4) is 0 Å². The molecular formula is C14H22N4O4. The molecular weight excluding hydrogens is 288 g/mol. The minimum atomic E-state index is -0.581. The first-order valence-electron chi connectivity index (χ1n) is 7.26. The summed E-state index contributed by atoms with van der Waals surface area (Å²) in [6, 6.07) is 0. The highest BCUT2D eigenvalue weighted by Crippen LogP contribution is 2.24. The number of nitrogens with zero attached hydrogens (tertiary/aromatic N) is 1. The van der Waals surface area contributed by atoms with Crippen molar-refractivity contribution in [3.63, 3.8) is 0 Å². The second-order valence-corrected chi connectivity index (χ2v) is 5.78. The number of aromatic nitrogens is 2. The lowest BCUT2D eigenvalue weighted by Crippen LogP contribution is -2.55. The zero-order chi connectivity index (χ0) is 16.2. The van der Waals surface area contributed by atoms with Crippen molar-refractivity contribution in [1.82, 2.24) is 20.2 Å². The first-order chi connectivity index (χ1) is 10.4. The van der Waals surface area contributed by atoms with E-state index in [0.29, 0.717) is 19.8 Å². The number of likely N-dealkylation sites (N-methyl/N-ethyl adjacent to an activating group) is 1. The Hall–Kier alpha value is -1.93. The van der Waals surface area contributed by atoms with Crippen molar-refractivity contribution < 1.29 is 9.53 Å². The molecule has 2 rings (SSSR count). The molecule has 1 amide bonds. The number of nitrogens with one attached hydrogen (secondary N) is 3. The summed E-state index contributed by atoms with van der Waals surface area (Å²) in [5, 5.41) is 2.88. The number of rotatable bonds is 5. The summed E-state index contributed by atoms with van der Waals surface area (Å²) in [6.45, 7) is 1.85. The van der Waals surface area contributed by atoms with Crippen molar-refractivity contribution in [2.75, 3.05) is 33.9 Å². The average Bonchev–Trinajstić information content (AvgIpc) is 2.49. The van der Waals surface area contributed by atoms with Crippen LogP contribution in [-0.4, -0.2) is 60.2 Å². The number of H-pyrrole nitrogens is 2. The van der Waals surface area contributed by atoms with Crippen LogP contribution >= 0.6 is 0 Å². The van der Waals surface area contributed by atoms with Crippen LogP contribution in [0.4, 0.5) is 0 Å². The van der Waals surface area contributed by atoms with Gasteiger partial charge in [0.15, 0.2) is 0 Å². The predicted octanol–water partition coefficient (Wildman–Crippen LogP) is -1.17. The van der Waals surface area contributed by atoms with Gasteiger partial charge in [0.05, 0.1) is 6.42 Å². The zero-order valence-electron chi connectivity index (χ0n) is 12.9. The number of hydrogen-bond acceptors (Lipinski definition) is 5. The van der Waals surface area contributed by atoms with Gasteiger partial charge in [-0.15, -0.1) is 0 Å². The molecule has 8 heteroatoms. The van der Waals surface area contributed by atoms with E-state index >= 15 is 0 Å². The highest BCUT2D eigenvalue weighted by molar-refractivity contribution is 5.78. The fourth-order valence-corrected chi connectivity index (χ4v) is 2.60. The van der Waals surface area contributed by atoms with Crippen molar-refractivity contribution in [2.24, 2.45) is 0 Å². The maximum atomic E-state index is 12.1. The number of ether oxygens (including phenoxy) is 1. The summed E-state index contributed by atoms with van der Waals surface area (Å²) in [7, 11) is 3.98. The lowest BCUT2D eigenvalue weighted by Gasteiger charge is -2.42. The minimum Gasteiger partial charge on any atom is -0.381 e. The number of hydrogen-bond donors (Lipinski definition) is 3. The molecule has 0 aromatic carbocycles. The van der Waals surface area contributed by atoms with Crippen molar-refractivity contribution in [2.45, 2.75) is 24.8 Å². The van der Waals surface area contributed by atoms with Gasteiger partial charge in [0.25, 0.3) is 5.56 Å². The highest BCUT2D eigenvalue weighted by Gasteiger charge is 2.35. The average molecular weight is 310 g/mol. The molecule has 0 bridgehead atoms. The van der Waals surface area contributed by atoms with E-state index in [4.69, 9.17) is 4.74 Å². The monoisotopic (exact) mass is 310 g/mol. The summed E-state index contributed by atoms with van der Waals surface area (Å²) < 4.78 is 5.39. The topological polar surface area (TPSA) is 107 Å². The number of amides is 1. The molecule has 2 heterocycles. The van der Waals surface area contributed by atoms with E-state index in [0.717, 1.165) is 12.8 Å². The van der Waals surface area contributed by atoms with Gasteiger partial charge in [-0.1, -0.05) is 0 Å². The van der Waals surface area contributed by atoms with Gasteiger partial charge in [-0.2, -0.15) is 0 Å². The number of carbonyl (C=O) groups is 1. The molecule has 0 atom stereocenters. The van der Waals surface area contributed by atoms with Crippen LogP contribution in [0.2, 0.25) is 0 Å². The Morgan fingerprint density at radius 1 is 1.36 bits per heavy atom. The molecule has 1 aromatic rings. The third-order valence-corrected chi connectivity index (χ3v) is 4.23. The van der Waals surface area contributed by atoms with Crippen LogP contribution in [0.15, 0.2) is 15.8 Å². The molecule has 0 spiro atoms. The van der Waals surface area contributed by atoms with Crippen LogP contribution in [0.25, 0.3) is 0 Å². The molecule has 1 aliphatic heterocycles. The van der Waals surface area contributed by atoms with Crippen molar-refractivity contribution in [1.29, 1.82) is 0 Å². The lowest BCUT2D eigenvalue weighted by molar-refractivity contribution is -0.121. The molecule has 3 N–H and O–H groups in total. The van der Waals surface area contributed by atoms with Gasteiger partial charge in [-0.25, -0.2) is 4.79 Å². The summed E-state index contributed by atoms with van der Waals surface area (Å²) in [5.74, 6) is -0.245. The van der Waals surface area contributed by atoms with E-state index in [-0.39, 0.29) is 23.4 Å². The summed E-state index contributed by atoms with van der Waals surface area (Å²) in [6.07, 6.45) is 2.90. The molecule has 1 aromatic heterocycles. The third kappa shape index (κ3) is 3.83. The fraction of sp³-hybridized carbons (Fsp3) is 0.643. The molecule has 8 nitrogen and oxygen atoms in total. The molecule has 0 radical (unpaired) electrons. The van der Waals surface area contributed by atoms with Crippen LogP contribution in [-0.2, 0) is 16.0 Å². The summed E-state index contributed by atoms with van der Waals surface area (Å²) >= 11 is 0. The maximum Gasteiger partial charge on any atom is 0.325 e. The van der Waals surface area contributed by atoms with E-state index in [9.17, 15) is 14.4 Å². The Balaban J connectivity index is 1.96. The normalized spacial score (nSPS) is 17.4. The van der Waals surface area contributed by atoms with Crippen LogP contribution in [0.1, 0.15) is 18.4 Å². The van der Waals surface area contributed by atoms with Crippen LogP contribution < -0.4 is 16.6 Å². The smallest absolute Gasteiger partial charge is 0.325 e. The third-order valence-electron chi connectivity index (χ3n) is 4.23. The van der Waals surface area contributed by atoms with E-state index in [1.54, 1.807) is 0 Å². The van der Waals surface area contributed by atoms with Crippen molar-refractivity contribution in [3.05, 3.63) is 32.6 Å². The first-order valence-corrected chi connectivity index (χ1v) is 7.26. The van der Waals surface area contributed by atoms with E-state index in [1.807, 2.05) is 14.1 Å².